The Hall–Kier alpha value is -0.860. The van der Waals surface area contributed by atoms with Crippen molar-refractivity contribution in [1.82, 2.24) is 5.32 Å². The van der Waals surface area contributed by atoms with E-state index < -0.39 is 0 Å². The van der Waals surface area contributed by atoms with Gasteiger partial charge in [-0.05, 0) is 60.5 Å². The van der Waals surface area contributed by atoms with Gasteiger partial charge in [-0.1, -0.05) is 31.0 Å². The first-order valence-corrected chi connectivity index (χ1v) is 8.50. The predicted octanol–water partition coefficient (Wildman–Crippen LogP) is 4.67. The van der Waals surface area contributed by atoms with Crippen LogP contribution in [0.3, 0.4) is 0 Å². The third kappa shape index (κ3) is 1.93. The maximum absolute atomic E-state index is 3.96. The van der Waals surface area contributed by atoms with E-state index in [1.165, 1.54) is 55.2 Å². The summed E-state index contributed by atoms with van der Waals surface area (Å²) in [5, 5.41) is 7.63. The fourth-order valence-corrected chi connectivity index (χ4v) is 4.82. The van der Waals surface area contributed by atoms with Gasteiger partial charge in [0.25, 0.3) is 0 Å². The Morgan fingerprint density at radius 2 is 2.05 bits per heavy atom. The van der Waals surface area contributed by atoms with Crippen molar-refractivity contribution in [2.75, 3.05) is 6.54 Å². The predicted molar refractivity (Wildman–Crippen MR) is 82.7 cm³/mol. The highest BCUT2D eigenvalue weighted by atomic mass is 32.1. The highest BCUT2D eigenvalue weighted by Crippen LogP contribution is 2.51. The molecular formula is C17H21NS. The molecule has 19 heavy (non-hydrogen) atoms. The van der Waals surface area contributed by atoms with E-state index in [1.54, 1.807) is 5.56 Å². The van der Waals surface area contributed by atoms with E-state index in [9.17, 15) is 0 Å². The first-order chi connectivity index (χ1) is 9.40. The van der Waals surface area contributed by atoms with Crippen molar-refractivity contribution in [3.05, 3.63) is 35.2 Å². The summed E-state index contributed by atoms with van der Waals surface area (Å²) < 4.78 is 1.52. The minimum absolute atomic E-state index is 0.279. The molecule has 1 aliphatic heterocycles. The number of hydrogen-bond acceptors (Lipinski definition) is 2. The van der Waals surface area contributed by atoms with Crippen molar-refractivity contribution in [2.45, 2.75) is 44.1 Å². The first kappa shape index (κ1) is 11.9. The minimum Gasteiger partial charge on any atom is -0.307 e. The van der Waals surface area contributed by atoms with Gasteiger partial charge in [-0.3, -0.25) is 0 Å². The van der Waals surface area contributed by atoms with Crippen LogP contribution in [0.25, 0.3) is 10.1 Å². The van der Waals surface area contributed by atoms with Gasteiger partial charge in [0.2, 0.25) is 0 Å². The van der Waals surface area contributed by atoms with Gasteiger partial charge in [0.1, 0.15) is 0 Å². The fraction of sp³-hybridized carbons (Fsp3) is 0.529. The number of rotatable bonds is 2. The van der Waals surface area contributed by atoms with Gasteiger partial charge in [0, 0.05) is 10.2 Å². The van der Waals surface area contributed by atoms with Crippen molar-refractivity contribution < 1.29 is 0 Å². The lowest BCUT2D eigenvalue weighted by Crippen LogP contribution is -2.44. The zero-order valence-corrected chi connectivity index (χ0v) is 12.1. The van der Waals surface area contributed by atoms with Gasteiger partial charge in [-0.25, -0.2) is 0 Å². The maximum atomic E-state index is 3.96. The summed E-state index contributed by atoms with van der Waals surface area (Å²) in [7, 11) is 0. The van der Waals surface area contributed by atoms with E-state index in [-0.39, 0.29) is 5.54 Å². The second-order valence-corrected chi connectivity index (χ2v) is 7.04. The van der Waals surface area contributed by atoms with Gasteiger partial charge in [-0.2, -0.15) is 0 Å². The third-order valence-corrected chi connectivity index (χ3v) is 5.89. The molecule has 2 fully saturated rings. The van der Waals surface area contributed by atoms with Crippen LogP contribution >= 0.6 is 11.3 Å². The van der Waals surface area contributed by atoms with Gasteiger partial charge in [-0.15, -0.1) is 11.3 Å². The first-order valence-electron chi connectivity index (χ1n) is 7.62. The van der Waals surface area contributed by atoms with E-state index in [0.717, 1.165) is 5.92 Å². The lowest BCUT2D eigenvalue weighted by Gasteiger charge is -2.35. The molecule has 2 heteroatoms. The van der Waals surface area contributed by atoms with Gasteiger partial charge < -0.3 is 5.32 Å². The SMILES string of the molecule is c1cc(C2(C3CC3)CCCCCN2)c2sccc2c1. The highest BCUT2D eigenvalue weighted by molar-refractivity contribution is 7.17. The van der Waals surface area contributed by atoms with Crippen LogP contribution in [-0.4, -0.2) is 6.54 Å². The Balaban J connectivity index is 1.87. The summed E-state index contributed by atoms with van der Waals surface area (Å²) in [6.07, 6.45) is 8.26. The normalized spacial score (nSPS) is 28.4. The summed E-state index contributed by atoms with van der Waals surface area (Å²) in [6, 6.07) is 9.16. The van der Waals surface area contributed by atoms with Crippen LogP contribution in [0.2, 0.25) is 0 Å². The van der Waals surface area contributed by atoms with Crippen molar-refractivity contribution in [2.24, 2.45) is 5.92 Å². The molecule has 0 radical (unpaired) electrons. The van der Waals surface area contributed by atoms with E-state index in [0.29, 0.717) is 0 Å². The average Bonchev–Trinajstić information content (AvgIpc) is 3.21. The molecule has 2 aliphatic rings. The van der Waals surface area contributed by atoms with Crippen molar-refractivity contribution in [1.29, 1.82) is 0 Å². The molecule has 1 saturated carbocycles. The van der Waals surface area contributed by atoms with Crippen molar-refractivity contribution >= 4 is 21.4 Å². The molecule has 100 valence electrons. The second kappa shape index (κ2) is 4.60. The summed E-state index contributed by atoms with van der Waals surface area (Å²) in [4.78, 5) is 0. The van der Waals surface area contributed by atoms with Gasteiger partial charge in [0.05, 0.1) is 0 Å². The molecule has 2 aromatic rings. The molecule has 0 spiro atoms. The highest BCUT2D eigenvalue weighted by Gasteiger charge is 2.46. The van der Waals surface area contributed by atoms with Crippen LogP contribution in [0.5, 0.6) is 0 Å². The minimum atomic E-state index is 0.279. The molecule has 1 aliphatic carbocycles. The lowest BCUT2D eigenvalue weighted by molar-refractivity contribution is 0.282. The molecule has 1 aromatic carbocycles. The Kier molecular flexibility index (Phi) is 2.89. The van der Waals surface area contributed by atoms with Crippen LogP contribution in [0, 0.1) is 5.92 Å². The molecule has 1 unspecified atom stereocenters. The Morgan fingerprint density at radius 3 is 2.95 bits per heavy atom. The lowest BCUT2D eigenvalue weighted by atomic mass is 9.80. The molecule has 1 aromatic heterocycles. The number of benzene rings is 1. The monoisotopic (exact) mass is 271 g/mol. The van der Waals surface area contributed by atoms with E-state index in [2.05, 4.69) is 35.0 Å². The quantitative estimate of drug-likeness (QED) is 0.837. The van der Waals surface area contributed by atoms with Crippen LogP contribution < -0.4 is 5.32 Å². The van der Waals surface area contributed by atoms with E-state index in [4.69, 9.17) is 0 Å². The van der Waals surface area contributed by atoms with Gasteiger partial charge in [0.15, 0.2) is 0 Å². The third-order valence-electron chi connectivity index (χ3n) is 4.92. The summed E-state index contributed by atoms with van der Waals surface area (Å²) in [5.41, 5.74) is 1.87. The largest absolute Gasteiger partial charge is 0.307 e. The molecule has 4 rings (SSSR count). The smallest absolute Gasteiger partial charge is 0.0477 e. The average molecular weight is 271 g/mol. The van der Waals surface area contributed by atoms with Gasteiger partial charge >= 0.3 is 0 Å². The van der Waals surface area contributed by atoms with E-state index >= 15 is 0 Å². The molecule has 1 nitrogen and oxygen atoms in total. The second-order valence-electron chi connectivity index (χ2n) is 6.13. The zero-order valence-electron chi connectivity index (χ0n) is 11.3. The Labute approximate surface area is 119 Å². The molecule has 1 saturated heterocycles. The van der Waals surface area contributed by atoms with E-state index in [1.807, 2.05) is 11.3 Å². The van der Waals surface area contributed by atoms with Crippen molar-refractivity contribution in [3.63, 3.8) is 0 Å². The molecule has 1 atom stereocenters. The standard InChI is InChI=1S/C17H21NS/c1-2-10-17(14-7-8-14,18-11-3-1)15-6-4-5-13-9-12-19-16(13)15/h4-6,9,12,14,18H,1-3,7-8,10-11H2. The number of thiophene rings is 1. The van der Waals surface area contributed by atoms with Crippen LogP contribution in [0.1, 0.15) is 44.1 Å². The van der Waals surface area contributed by atoms with Crippen LogP contribution in [0.4, 0.5) is 0 Å². The molecular weight excluding hydrogens is 250 g/mol. The number of nitrogens with one attached hydrogen (secondary N) is 1. The molecule has 0 bridgehead atoms. The molecule has 0 amide bonds. The summed E-state index contributed by atoms with van der Waals surface area (Å²) >= 11 is 1.92. The Morgan fingerprint density at radius 1 is 1.11 bits per heavy atom. The number of fused-ring (bicyclic) bond motifs is 1. The molecule has 1 N–H and O–H groups in total. The summed E-state index contributed by atoms with van der Waals surface area (Å²) in [5.74, 6) is 0.873. The topological polar surface area (TPSA) is 12.0 Å². The summed E-state index contributed by atoms with van der Waals surface area (Å²) in [6.45, 7) is 1.19. The Bertz CT molecular complexity index is 574. The number of hydrogen-bond donors (Lipinski definition) is 1. The fourth-order valence-electron chi connectivity index (χ4n) is 3.82. The van der Waals surface area contributed by atoms with Crippen LogP contribution in [-0.2, 0) is 5.54 Å². The maximum Gasteiger partial charge on any atom is 0.0477 e. The van der Waals surface area contributed by atoms with Crippen molar-refractivity contribution in [3.8, 4) is 0 Å². The zero-order chi connectivity index (χ0) is 12.7. The molecule has 2 heterocycles. The van der Waals surface area contributed by atoms with Crippen LogP contribution in [0.15, 0.2) is 29.6 Å².